The SMILES string of the molecule is CCNCc1ccncc1OCCN1CCCCC1. The Hall–Kier alpha value is -1.13. The van der Waals surface area contributed by atoms with E-state index in [0.29, 0.717) is 0 Å². The van der Waals surface area contributed by atoms with E-state index in [0.717, 1.165) is 32.0 Å². The van der Waals surface area contributed by atoms with Gasteiger partial charge in [-0.05, 0) is 38.5 Å². The van der Waals surface area contributed by atoms with Crippen LogP contribution < -0.4 is 10.1 Å². The zero-order valence-electron chi connectivity index (χ0n) is 11.9. The predicted molar refractivity (Wildman–Crippen MR) is 77.4 cm³/mol. The molecule has 0 saturated carbocycles. The smallest absolute Gasteiger partial charge is 0.142 e. The minimum atomic E-state index is 0.755. The summed E-state index contributed by atoms with van der Waals surface area (Å²) in [5.74, 6) is 0.917. The molecule has 0 spiro atoms. The summed E-state index contributed by atoms with van der Waals surface area (Å²) in [6, 6.07) is 2.03. The first-order valence-corrected chi connectivity index (χ1v) is 7.39. The maximum Gasteiger partial charge on any atom is 0.142 e. The van der Waals surface area contributed by atoms with Crippen LogP contribution in [0.25, 0.3) is 0 Å². The van der Waals surface area contributed by atoms with Crippen LogP contribution in [0.2, 0.25) is 0 Å². The number of likely N-dealkylation sites (tertiary alicyclic amines) is 1. The van der Waals surface area contributed by atoms with Crippen LogP contribution in [0.1, 0.15) is 31.7 Å². The molecule has 0 amide bonds. The van der Waals surface area contributed by atoms with E-state index in [1.165, 1.54) is 37.9 Å². The minimum absolute atomic E-state index is 0.755. The van der Waals surface area contributed by atoms with Gasteiger partial charge in [-0.3, -0.25) is 9.88 Å². The summed E-state index contributed by atoms with van der Waals surface area (Å²) in [6.45, 7) is 8.15. The van der Waals surface area contributed by atoms with Gasteiger partial charge in [0.2, 0.25) is 0 Å². The largest absolute Gasteiger partial charge is 0.490 e. The Morgan fingerprint density at radius 1 is 1.32 bits per heavy atom. The van der Waals surface area contributed by atoms with E-state index in [1.807, 2.05) is 18.5 Å². The Kier molecular flexibility index (Phi) is 6.11. The molecule has 0 radical (unpaired) electrons. The van der Waals surface area contributed by atoms with Gasteiger partial charge in [-0.2, -0.15) is 0 Å². The first-order valence-electron chi connectivity index (χ1n) is 7.39. The van der Waals surface area contributed by atoms with E-state index < -0.39 is 0 Å². The number of pyridine rings is 1. The fraction of sp³-hybridized carbons (Fsp3) is 0.667. The van der Waals surface area contributed by atoms with Crippen LogP contribution in [-0.2, 0) is 6.54 Å². The van der Waals surface area contributed by atoms with Gasteiger partial charge in [-0.15, -0.1) is 0 Å². The average Bonchev–Trinajstić information content (AvgIpc) is 2.47. The number of hydrogen-bond acceptors (Lipinski definition) is 4. The van der Waals surface area contributed by atoms with Crippen molar-refractivity contribution < 1.29 is 4.74 Å². The maximum atomic E-state index is 5.89. The summed E-state index contributed by atoms with van der Waals surface area (Å²) in [5, 5.41) is 3.33. The van der Waals surface area contributed by atoms with Crippen LogP contribution in [0.15, 0.2) is 18.5 Å². The maximum absolute atomic E-state index is 5.89. The van der Waals surface area contributed by atoms with Crippen molar-refractivity contribution in [2.75, 3.05) is 32.8 Å². The molecule has 1 fully saturated rings. The van der Waals surface area contributed by atoms with Crippen LogP contribution in [0, 0.1) is 0 Å². The zero-order valence-corrected chi connectivity index (χ0v) is 11.9. The number of piperidine rings is 1. The lowest BCUT2D eigenvalue weighted by Gasteiger charge is -2.26. The van der Waals surface area contributed by atoms with E-state index >= 15 is 0 Å². The molecular formula is C15H25N3O. The van der Waals surface area contributed by atoms with Crippen molar-refractivity contribution in [3.05, 3.63) is 24.0 Å². The van der Waals surface area contributed by atoms with E-state index in [1.54, 1.807) is 0 Å². The zero-order chi connectivity index (χ0) is 13.3. The molecule has 0 unspecified atom stereocenters. The van der Waals surface area contributed by atoms with Crippen molar-refractivity contribution in [1.82, 2.24) is 15.2 Å². The molecule has 0 atom stereocenters. The highest BCUT2D eigenvalue weighted by Crippen LogP contribution is 2.16. The monoisotopic (exact) mass is 263 g/mol. The molecule has 19 heavy (non-hydrogen) atoms. The average molecular weight is 263 g/mol. The highest BCUT2D eigenvalue weighted by molar-refractivity contribution is 5.29. The lowest BCUT2D eigenvalue weighted by molar-refractivity contribution is 0.182. The van der Waals surface area contributed by atoms with Gasteiger partial charge in [0.1, 0.15) is 12.4 Å². The summed E-state index contributed by atoms with van der Waals surface area (Å²) in [6.07, 6.45) is 7.69. The highest BCUT2D eigenvalue weighted by Gasteiger charge is 2.10. The van der Waals surface area contributed by atoms with Gasteiger partial charge in [-0.1, -0.05) is 13.3 Å². The molecule has 0 aliphatic carbocycles. The third-order valence-corrected chi connectivity index (χ3v) is 3.55. The molecule has 4 heteroatoms. The topological polar surface area (TPSA) is 37.4 Å². The second-order valence-electron chi connectivity index (χ2n) is 5.01. The van der Waals surface area contributed by atoms with Gasteiger partial charge in [0, 0.05) is 24.8 Å². The molecule has 1 saturated heterocycles. The fourth-order valence-corrected chi connectivity index (χ4v) is 2.41. The lowest BCUT2D eigenvalue weighted by atomic mass is 10.1. The standard InChI is InChI=1S/C15H25N3O/c1-2-16-12-14-6-7-17-13-15(14)19-11-10-18-8-4-3-5-9-18/h6-7,13,16H,2-5,8-12H2,1H3. The summed E-state index contributed by atoms with van der Waals surface area (Å²) >= 11 is 0. The molecular weight excluding hydrogens is 238 g/mol. The predicted octanol–water partition coefficient (Wildman–Crippen LogP) is 2.06. The molecule has 2 rings (SSSR count). The van der Waals surface area contributed by atoms with E-state index in [9.17, 15) is 0 Å². The first kappa shape index (κ1) is 14.3. The van der Waals surface area contributed by atoms with Crippen LogP contribution in [0.4, 0.5) is 0 Å². The van der Waals surface area contributed by atoms with E-state index in [-0.39, 0.29) is 0 Å². The molecule has 4 nitrogen and oxygen atoms in total. The summed E-state index contributed by atoms with van der Waals surface area (Å²) in [7, 11) is 0. The van der Waals surface area contributed by atoms with Crippen molar-refractivity contribution in [2.24, 2.45) is 0 Å². The van der Waals surface area contributed by atoms with Crippen molar-refractivity contribution in [3.8, 4) is 5.75 Å². The third-order valence-electron chi connectivity index (χ3n) is 3.55. The van der Waals surface area contributed by atoms with Crippen LogP contribution >= 0.6 is 0 Å². The van der Waals surface area contributed by atoms with E-state index in [4.69, 9.17) is 4.74 Å². The van der Waals surface area contributed by atoms with E-state index in [2.05, 4.69) is 22.1 Å². The molecule has 0 aromatic carbocycles. The van der Waals surface area contributed by atoms with Crippen molar-refractivity contribution in [2.45, 2.75) is 32.7 Å². The van der Waals surface area contributed by atoms with Crippen LogP contribution in [0.3, 0.4) is 0 Å². The van der Waals surface area contributed by atoms with Gasteiger partial charge in [0.25, 0.3) is 0 Å². The second kappa shape index (κ2) is 8.12. The Balaban J connectivity index is 1.77. The molecule has 0 bridgehead atoms. The fourth-order valence-electron chi connectivity index (χ4n) is 2.41. The normalized spacial score (nSPS) is 16.5. The number of nitrogens with one attached hydrogen (secondary N) is 1. The number of aromatic nitrogens is 1. The summed E-state index contributed by atoms with van der Waals surface area (Å²) < 4.78 is 5.89. The first-order chi connectivity index (χ1) is 9.40. The van der Waals surface area contributed by atoms with Gasteiger partial charge in [0.15, 0.2) is 0 Å². The van der Waals surface area contributed by atoms with Gasteiger partial charge in [-0.25, -0.2) is 0 Å². The molecule has 106 valence electrons. The molecule has 1 aliphatic heterocycles. The van der Waals surface area contributed by atoms with Crippen LogP contribution in [0.5, 0.6) is 5.75 Å². The van der Waals surface area contributed by atoms with Gasteiger partial charge < -0.3 is 10.1 Å². The second-order valence-corrected chi connectivity index (χ2v) is 5.01. The van der Waals surface area contributed by atoms with Crippen molar-refractivity contribution >= 4 is 0 Å². The molecule has 1 aliphatic rings. The van der Waals surface area contributed by atoms with Gasteiger partial charge >= 0.3 is 0 Å². The Bertz CT molecular complexity index is 364. The summed E-state index contributed by atoms with van der Waals surface area (Å²) in [4.78, 5) is 6.64. The number of nitrogens with zero attached hydrogens (tertiary/aromatic N) is 2. The van der Waals surface area contributed by atoms with Crippen LogP contribution in [-0.4, -0.2) is 42.7 Å². The molecule has 2 heterocycles. The summed E-state index contributed by atoms with van der Waals surface area (Å²) in [5.41, 5.74) is 1.19. The number of hydrogen-bond donors (Lipinski definition) is 1. The van der Waals surface area contributed by atoms with Crippen molar-refractivity contribution in [1.29, 1.82) is 0 Å². The molecule has 1 aromatic heterocycles. The Labute approximate surface area is 116 Å². The lowest BCUT2D eigenvalue weighted by Crippen LogP contribution is -2.33. The quantitative estimate of drug-likeness (QED) is 0.817. The molecule has 1 aromatic rings. The molecule has 1 N–H and O–H groups in total. The number of rotatable bonds is 7. The highest BCUT2D eigenvalue weighted by atomic mass is 16.5. The Morgan fingerprint density at radius 2 is 2.16 bits per heavy atom. The third kappa shape index (κ3) is 4.80. The van der Waals surface area contributed by atoms with Crippen molar-refractivity contribution in [3.63, 3.8) is 0 Å². The number of ether oxygens (including phenoxy) is 1. The minimum Gasteiger partial charge on any atom is -0.490 e. The van der Waals surface area contributed by atoms with Gasteiger partial charge in [0.05, 0.1) is 6.20 Å². The Morgan fingerprint density at radius 3 is 2.95 bits per heavy atom.